The van der Waals surface area contributed by atoms with Crippen LogP contribution in [0.3, 0.4) is 0 Å². The molecule has 28 heavy (non-hydrogen) atoms. The average molecular weight is 404 g/mol. The summed E-state index contributed by atoms with van der Waals surface area (Å²) in [6.07, 6.45) is 0.745. The van der Waals surface area contributed by atoms with Gasteiger partial charge in [0.25, 0.3) is 0 Å². The van der Waals surface area contributed by atoms with Crippen LogP contribution in [0.1, 0.15) is 6.92 Å². The van der Waals surface area contributed by atoms with Crippen LogP contribution >= 0.6 is 11.6 Å². The molecule has 0 saturated heterocycles. The Labute approximate surface area is 166 Å². The van der Waals surface area contributed by atoms with Gasteiger partial charge in [-0.3, -0.25) is 0 Å². The molecule has 0 spiro atoms. The van der Waals surface area contributed by atoms with Gasteiger partial charge in [0.05, 0.1) is 17.2 Å². The number of nitrogens with zero attached hydrogens (tertiary/aromatic N) is 2. The third kappa shape index (κ3) is 5.29. The Morgan fingerprint density at radius 1 is 1.11 bits per heavy atom. The number of esters is 1. The topological polar surface area (TPSA) is 106 Å². The monoisotopic (exact) mass is 403 g/mol. The van der Waals surface area contributed by atoms with Gasteiger partial charge >= 0.3 is 5.97 Å². The minimum atomic E-state index is -0.775. The Hall–Kier alpha value is -2.94. The van der Waals surface area contributed by atoms with E-state index in [1.807, 2.05) is 0 Å². The van der Waals surface area contributed by atoms with Gasteiger partial charge in [0.2, 0.25) is 5.88 Å². The van der Waals surface area contributed by atoms with E-state index in [0.717, 1.165) is 0 Å². The van der Waals surface area contributed by atoms with Crippen molar-refractivity contribution >= 4 is 28.6 Å². The number of hydrogen-bond acceptors (Lipinski definition) is 8. The Balaban J connectivity index is 1.59. The van der Waals surface area contributed by atoms with Crippen LogP contribution in [-0.2, 0) is 14.4 Å². The first-order valence-corrected chi connectivity index (χ1v) is 8.78. The summed E-state index contributed by atoms with van der Waals surface area (Å²) in [4.78, 5) is 24.8. The zero-order chi connectivity index (χ0) is 19.9. The van der Waals surface area contributed by atoms with Crippen molar-refractivity contribution in [2.45, 2.75) is 13.0 Å². The molecule has 0 unspecified atom stereocenters. The minimum absolute atomic E-state index is 0.0643. The van der Waals surface area contributed by atoms with Gasteiger partial charge in [-0.05, 0) is 49.4 Å². The van der Waals surface area contributed by atoms with Gasteiger partial charge in [-0.15, -0.1) is 0 Å². The van der Waals surface area contributed by atoms with Crippen molar-refractivity contribution in [3.8, 4) is 17.4 Å². The maximum atomic E-state index is 11.8. The second kappa shape index (κ2) is 9.32. The molecule has 146 valence electrons. The van der Waals surface area contributed by atoms with Crippen LogP contribution in [0, 0.1) is 0 Å². The van der Waals surface area contributed by atoms with E-state index in [-0.39, 0.29) is 13.2 Å². The third-order valence-corrected chi connectivity index (χ3v) is 3.85. The fraction of sp³-hybridized carbons (Fsp3) is 0.211. The van der Waals surface area contributed by atoms with E-state index in [2.05, 4.69) is 14.8 Å². The van der Waals surface area contributed by atoms with E-state index in [0.29, 0.717) is 33.4 Å². The maximum absolute atomic E-state index is 11.8. The molecule has 1 aromatic heterocycles. The Morgan fingerprint density at radius 3 is 2.61 bits per heavy atom. The molecule has 8 nitrogen and oxygen atoms in total. The van der Waals surface area contributed by atoms with Crippen LogP contribution in [0.25, 0.3) is 11.0 Å². The number of aromatic nitrogens is 2. The van der Waals surface area contributed by atoms with E-state index in [9.17, 15) is 4.79 Å². The van der Waals surface area contributed by atoms with Crippen LogP contribution in [0.15, 0.2) is 48.7 Å². The molecule has 1 atom stereocenters. The molecule has 3 aromatic rings. The van der Waals surface area contributed by atoms with Gasteiger partial charge in [-0.25, -0.2) is 20.7 Å². The normalized spacial score (nSPS) is 11.8. The second-order valence-corrected chi connectivity index (χ2v) is 6.15. The van der Waals surface area contributed by atoms with Crippen LogP contribution in [0.5, 0.6) is 17.4 Å². The highest BCUT2D eigenvalue weighted by Gasteiger charge is 2.16. The summed E-state index contributed by atoms with van der Waals surface area (Å²) in [5.74, 6) is 5.75. The number of benzene rings is 2. The van der Waals surface area contributed by atoms with Crippen molar-refractivity contribution in [1.82, 2.24) is 9.97 Å². The highest BCUT2D eigenvalue weighted by atomic mass is 35.5. The highest BCUT2D eigenvalue weighted by molar-refractivity contribution is 6.31. The lowest BCUT2D eigenvalue weighted by Crippen LogP contribution is -2.27. The lowest BCUT2D eigenvalue weighted by molar-refractivity contribution is -0.152. The fourth-order valence-electron chi connectivity index (χ4n) is 2.28. The number of fused-ring (bicyclic) bond motifs is 1. The van der Waals surface area contributed by atoms with Crippen molar-refractivity contribution in [1.29, 1.82) is 0 Å². The number of nitrogens with two attached hydrogens (primary N) is 1. The standard InChI is InChI=1S/C19H18ClN3O5/c1-12(19(24)25-8-9-26-21)27-14-3-5-15(6-4-14)28-18-11-22-17-10-13(20)2-7-16(17)23-18/h2-7,10-12H,8-9,21H2,1H3/t12-/m1/s1. The van der Waals surface area contributed by atoms with Crippen LogP contribution in [-0.4, -0.2) is 35.3 Å². The highest BCUT2D eigenvalue weighted by Crippen LogP contribution is 2.25. The molecule has 2 aromatic carbocycles. The zero-order valence-corrected chi connectivity index (χ0v) is 15.8. The Bertz CT molecular complexity index is 952. The summed E-state index contributed by atoms with van der Waals surface area (Å²) in [7, 11) is 0. The van der Waals surface area contributed by atoms with Crippen molar-refractivity contribution in [2.24, 2.45) is 5.90 Å². The van der Waals surface area contributed by atoms with Gasteiger partial charge in [0, 0.05) is 5.02 Å². The number of ether oxygens (including phenoxy) is 3. The number of carbonyl (C=O) groups excluding carboxylic acids is 1. The smallest absolute Gasteiger partial charge is 0.347 e. The van der Waals surface area contributed by atoms with Gasteiger partial charge in [-0.1, -0.05) is 11.6 Å². The largest absolute Gasteiger partial charge is 0.479 e. The quantitative estimate of drug-likeness (QED) is 0.347. The molecule has 0 aliphatic carbocycles. The van der Waals surface area contributed by atoms with E-state index >= 15 is 0 Å². The second-order valence-electron chi connectivity index (χ2n) is 5.71. The lowest BCUT2D eigenvalue weighted by Gasteiger charge is -2.14. The molecule has 0 aliphatic rings. The van der Waals surface area contributed by atoms with Crippen molar-refractivity contribution in [2.75, 3.05) is 13.2 Å². The summed E-state index contributed by atoms with van der Waals surface area (Å²) in [5.41, 5.74) is 1.36. The third-order valence-electron chi connectivity index (χ3n) is 3.62. The van der Waals surface area contributed by atoms with E-state index < -0.39 is 12.1 Å². The first kappa shape index (κ1) is 19.8. The van der Waals surface area contributed by atoms with Crippen molar-refractivity contribution in [3.05, 3.63) is 53.7 Å². The van der Waals surface area contributed by atoms with E-state index in [1.54, 1.807) is 49.4 Å². The summed E-state index contributed by atoms with van der Waals surface area (Å²) < 4.78 is 16.2. The molecular formula is C19H18ClN3O5. The molecular weight excluding hydrogens is 386 g/mol. The predicted octanol–water partition coefficient (Wildman–Crippen LogP) is 3.28. The summed E-state index contributed by atoms with van der Waals surface area (Å²) in [6.45, 7) is 1.77. The molecule has 0 radical (unpaired) electrons. The first-order chi connectivity index (χ1) is 13.5. The van der Waals surface area contributed by atoms with Crippen molar-refractivity contribution < 1.29 is 23.8 Å². The Morgan fingerprint density at radius 2 is 1.86 bits per heavy atom. The average Bonchev–Trinajstić information content (AvgIpc) is 2.69. The maximum Gasteiger partial charge on any atom is 0.347 e. The van der Waals surface area contributed by atoms with Gasteiger partial charge in [0.15, 0.2) is 6.10 Å². The SMILES string of the molecule is C[C@@H](Oc1ccc(Oc2cnc3cc(Cl)ccc3n2)cc1)C(=O)OCCON. The Kier molecular flexibility index (Phi) is 6.59. The molecule has 0 saturated carbocycles. The molecule has 0 bridgehead atoms. The van der Waals surface area contributed by atoms with Crippen molar-refractivity contribution in [3.63, 3.8) is 0 Å². The zero-order valence-electron chi connectivity index (χ0n) is 15.0. The molecule has 2 N–H and O–H groups in total. The number of rotatable bonds is 8. The molecule has 1 heterocycles. The summed E-state index contributed by atoms with van der Waals surface area (Å²) in [5, 5.41) is 0.594. The van der Waals surface area contributed by atoms with Crippen LogP contribution in [0.2, 0.25) is 5.02 Å². The minimum Gasteiger partial charge on any atom is -0.479 e. The van der Waals surface area contributed by atoms with Crippen LogP contribution in [0.4, 0.5) is 0 Å². The number of hydrogen-bond donors (Lipinski definition) is 1. The lowest BCUT2D eigenvalue weighted by atomic mass is 10.3. The van der Waals surface area contributed by atoms with E-state index in [4.69, 9.17) is 31.7 Å². The first-order valence-electron chi connectivity index (χ1n) is 8.40. The predicted molar refractivity (Wildman–Crippen MR) is 102 cm³/mol. The van der Waals surface area contributed by atoms with Gasteiger partial charge < -0.3 is 19.0 Å². The molecule has 0 fully saturated rings. The van der Waals surface area contributed by atoms with Crippen LogP contribution < -0.4 is 15.4 Å². The van der Waals surface area contributed by atoms with Gasteiger partial charge in [-0.2, -0.15) is 0 Å². The molecule has 9 heteroatoms. The number of halogens is 1. The summed E-state index contributed by atoms with van der Waals surface area (Å²) >= 11 is 5.94. The number of carbonyl (C=O) groups is 1. The molecule has 0 amide bonds. The van der Waals surface area contributed by atoms with Gasteiger partial charge in [0.1, 0.15) is 24.7 Å². The molecule has 0 aliphatic heterocycles. The fourth-order valence-corrected chi connectivity index (χ4v) is 2.45. The van der Waals surface area contributed by atoms with E-state index in [1.165, 1.54) is 6.20 Å². The molecule has 3 rings (SSSR count). The summed E-state index contributed by atoms with van der Waals surface area (Å²) in [6, 6.07) is 12.0.